The van der Waals surface area contributed by atoms with Crippen molar-refractivity contribution in [3.8, 4) is 0 Å². The fourth-order valence-corrected chi connectivity index (χ4v) is 2.13. The Kier molecular flexibility index (Phi) is 4.52. The monoisotopic (exact) mass is 281 g/mol. The molecule has 0 spiro atoms. The minimum atomic E-state index is -0.662. The summed E-state index contributed by atoms with van der Waals surface area (Å²) in [5.41, 5.74) is 5.51. The van der Waals surface area contributed by atoms with E-state index in [0.717, 1.165) is 0 Å². The Hall–Kier alpha value is -2.15. The summed E-state index contributed by atoms with van der Waals surface area (Å²) in [6.07, 6.45) is 1.25. The molecule has 0 bridgehead atoms. The predicted octanol–water partition coefficient (Wildman–Crippen LogP) is 1.29. The molecule has 1 aliphatic heterocycles. The molecule has 1 heterocycles. The van der Waals surface area contributed by atoms with Crippen LogP contribution in [0.4, 0.5) is 10.1 Å². The van der Waals surface area contributed by atoms with E-state index < -0.39 is 5.82 Å². The lowest BCUT2D eigenvalue weighted by atomic mass is 9.99. The first-order chi connectivity index (χ1) is 9.63. The van der Waals surface area contributed by atoms with E-state index in [0.29, 0.717) is 26.1 Å². The highest BCUT2D eigenvalue weighted by Gasteiger charge is 2.23. The van der Waals surface area contributed by atoms with Crippen molar-refractivity contribution in [3.63, 3.8) is 0 Å². The average molecular weight is 281 g/mol. The van der Waals surface area contributed by atoms with Gasteiger partial charge in [0.05, 0.1) is 11.3 Å². The average Bonchev–Trinajstić information content (AvgIpc) is 2.47. The SMILES string of the molecule is NC(=NO)c1c(F)cccc1NC(=O)C1CCOCC1. The second kappa shape index (κ2) is 6.33. The van der Waals surface area contributed by atoms with Gasteiger partial charge >= 0.3 is 0 Å². The van der Waals surface area contributed by atoms with E-state index in [1.807, 2.05) is 0 Å². The molecule has 0 atom stereocenters. The third-order valence-electron chi connectivity index (χ3n) is 3.23. The smallest absolute Gasteiger partial charge is 0.227 e. The molecule has 0 aliphatic carbocycles. The number of anilines is 1. The Morgan fingerprint density at radius 1 is 1.45 bits per heavy atom. The highest BCUT2D eigenvalue weighted by Crippen LogP contribution is 2.22. The molecule has 1 saturated heterocycles. The number of amidine groups is 1. The summed E-state index contributed by atoms with van der Waals surface area (Å²) in [6.45, 7) is 1.07. The Balaban J connectivity index is 2.20. The summed E-state index contributed by atoms with van der Waals surface area (Å²) in [4.78, 5) is 12.1. The number of oxime groups is 1. The van der Waals surface area contributed by atoms with E-state index >= 15 is 0 Å². The quantitative estimate of drug-likeness (QED) is 0.336. The zero-order chi connectivity index (χ0) is 14.5. The van der Waals surface area contributed by atoms with Crippen LogP contribution < -0.4 is 11.1 Å². The molecule has 2 rings (SSSR count). The molecule has 0 saturated carbocycles. The van der Waals surface area contributed by atoms with Gasteiger partial charge in [0.15, 0.2) is 5.84 Å². The highest BCUT2D eigenvalue weighted by atomic mass is 19.1. The maximum Gasteiger partial charge on any atom is 0.227 e. The number of carbonyl (C=O) groups excluding carboxylic acids is 1. The third kappa shape index (κ3) is 3.05. The van der Waals surface area contributed by atoms with Crippen molar-refractivity contribution < 1.29 is 19.1 Å². The van der Waals surface area contributed by atoms with Crippen molar-refractivity contribution in [1.82, 2.24) is 0 Å². The van der Waals surface area contributed by atoms with Gasteiger partial charge in [-0.05, 0) is 25.0 Å². The summed E-state index contributed by atoms with van der Waals surface area (Å²) in [5, 5.41) is 14.1. The molecule has 0 radical (unpaired) electrons. The fraction of sp³-hybridized carbons (Fsp3) is 0.385. The standard InChI is InChI=1S/C13H16FN3O3/c14-9-2-1-3-10(11(9)12(15)17-19)16-13(18)8-4-6-20-7-5-8/h1-3,8,19H,4-7H2,(H2,15,17)(H,16,18). The summed E-state index contributed by atoms with van der Waals surface area (Å²) < 4.78 is 18.9. The molecular weight excluding hydrogens is 265 g/mol. The van der Waals surface area contributed by atoms with E-state index in [-0.39, 0.29) is 28.9 Å². The van der Waals surface area contributed by atoms with Gasteiger partial charge in [0.2, 0.25) is 5.91 Å². The van der Waals surface area contributed by atoms with Crippen LogP contribution in [0, 0.1) is 11.7 Å². The first-order valence-corrected chi connectivity index (χ1v) is 6.28. The molecule has 0 unspecified atom stereocenters. The lowest BCUT2D eigenvalue weighted by Gasteiger charge is -2.21. The lowest BCUT2D eigenvalue weighted by Crippen LogP contribution is -2.29. The van der Waals surface area contributed by atoms with Gasteiger partial charge in [-0.1, -0.05) is 11.2 Å². The van der Waals surface area contributed by atoms with Gasteiger partial charge in [-0.15, -0.1) is 0 Å². The number of nitrogens with two attached hydrogens (primary N) is 1. The fourth-order valence-electron chi connectivity index (χ4n) is 2.13. The van der Waals surface area contributed by atoms with Gasteiger partial charge in [-0.25, -0.2) is 4.39 Å². The lowest BCUT2D eigenvalue weighted by molar-refractivity contribution is -0.122. The number of rotatable bonds is 3. The number of benzene rings is 1. The number of ether oxygens (including phenoxy) is 1. The van der Waals surface area contributed by atoms with Gasteiger partial charge < -0.3 is 21.0 Å². The van der Waals surface area contributed by atoms with E-state index in [1.54, 1.807) is 0 Å². The van der Waals surface area contributed by atoms with E-state index in [9.17, 15) is 9.18 Å². The number of amides is 1. The summed E-state index contributed by atoms with van der Waals surface area (Å²) >= 11 is 0. The molecule has 20 heavy (non-hydrogen) atoms. The maximum absolute atomic E-state index is 13.7. The molecule has 1 aromatic carbocycles. The number of nitrogens with zero attached hydrogens (tertiary/aromatic N) is 1. The minimum Gasteiger partial charge on any atom is -0.409 e. The number of halogens is 1. The van der Waals surface area contributed by atoms with Gasteiger partial charge in [0.1, 0.15) is 5.82 Å². The Bertz CT molecular complexity index is 528. The van der Waals surface area contributed by atoms with Crippen LogP contribution >= 0.6 is 0 Å². The normalized spacial score (nSPS) is 16.9. The molecule has 1 aromatic rings. The van der Waals surface area contributed by atoms with Crippen LogP contribution in [0.5, 0.6) is 0 Å². The van der Waals surface area contributed by atoms with Gasteiger partial charge in [0.25, 0.3) is 0 Å². The number of hydrogen-bond donors (Lipinski definition) is 3. The van der Waals surface area contributed by atoms with Crippen molar-refractivity contribution in [2.45, 2.75) is 12.8 Å². The molecular formula is C13H16FN3O3. The first kappa shape index (κ1) is 14.3. The molecule has 0 aromatic heterocycles. The summed E-state index contributed by atoms with van der Waals surface area (Å²) in [5.74, 6) is -1.44. The van der Waals surface area contributed by atoms with Crippen LogP contribution in [0.2, 0.25) is 0 Å². The zero-order valence-electron chi connectivity index (χ0n) is 10.8. The first-order valence-electron chi connectivity index (χ1n) is 6.28. The van der Waals surface area contributed by atoms with Crippen molar-refractivity contribution in [2.75, 3.05) is 18.5 Å². The largest absolute Gasteiger partial charge is 0.409 e. The van der Waals surface area contributed by atoms with Crippen LogP contribution in [-0.4, -0.2) is 30.2 Å². The second-order valence-electron chi connectivity index (χ2n) is 4.52. The van der Waals surface area contributed by atoms with Crippen LogP contribution in [0.25, 0.3) is 0 Å². The van der Waals surface area contributed by atoms with Crippen LogP contribution in [0.1, 0.15) is 18.4 Å². The van der Waals surface area contributed by atoms with Crippen molar-refractivity contribution in [1.29, 1.82) is 0 Å². The molecule has 108 valence electrons. The summed E-state index contributed by atoms with van der Waals surface area (Å²) in [6, 6.07) is 4.13. The molecule has 7 heteroatoms. The van der Waals surface area contributed by atoms with E-state index in [2.05, 4.69) is 10.5 Å². The Morgan fingerprint density at radius 2 is 2.15 bits per heavy atom. The third-order valence-corrected chi connectivity index (χ3v) is 3.23. The van der Waals surface area contributed by atoms with E-state index in [1.165, 1.54) is 18.2 Å². The Labute approximate surface area is 115 Å². The maximum atomic E-state index is 13.7. The second-order valence-corrected chi connectivity index (χ2v) is 4.52. The molecule has 6 nitrogen and oxygen atoms in total. The number of hydrogen-bond acceptors (Lipinski definition) is 4. The Morgan fingerprint density at radius 3 is 2.80 bits per heavy atom. The molecule has 1 aliphatic rings. The molecule has 1 fully saturated rings. The van der Waals surface area contributed by atoms with Crippen LogP contribution in [0.3, 0.4) is 0 Å². The minimum absolute atomic E-state index is 0.115. The van der Waals surface area contributed by atoms with Crippen LogP contribution in [0.15, 0.2) is 23.4 Å². The molecule has 1 amide bonds. The summed E-state index contributed by atoms with van der Waals surface area (Å²) in [7, 11) is 0. The number of carbonyl (C=O) groups is 1. The van der Waals surface area contributed by atoms with Crippen LogP contribution in [-0.2, 0) is 9.53 Å². The predicted molar refractivity (Wildman–Crippen MR) is 71.1 cm³/mol. The van der Waals surface area contributed by atoms with Gasteiger partial charge in [-0.2, -0.15) is 0 Å². The van der Waals surface area contributed by atoms with E-state index in [4.69, 9.17) is 15.7 Å². The van der Waals surface area contributed by atoms with Crippen molar-refractivity contribution >= 4 is 17.4 Å². The van der Waals surface area contributed by atoms with Gasteiger partial charge in [-0.3, -0.25) is 4.79 Å². The zero-order valence-corrected chi connectivity index (χ0v) is 10.8. The molecule has 4 N–H and O–H groups in total. The topological polar surface area (TPSA) is 96.9 Å². The number of nitrogens with one attached hydrogen (secondary N) is 1. The van der Waals surface area contributed by atoms with Gasteiger partial charge in [0, 0.05) is 19.1 Å². The van der Waals surface area contributed by atoms with Crippen molar-refractivity contribution in [3.05, 3.63) is 29.6 Å². The van der Waals surface area contributed by atoms with Crippen molar-refractivity contribution in [2.24, 2.45) is 16.8 Å². The highest BCUT2D eigenvalue weighted by molar-refractivity contribution is 6.06.